The lowest BCUT2D eigenvalue weighted by Gasteiger charge is -2.64. The SMILES string of the molecule is CCOP(=O)(CO[C@]1(C(=O)COC(=O)CC)[C@@H](C)C[C@H]2[C@@H]3CCC4=CC(=O)C=C[C@]4(C)[C@@]3(Cl)[C@@H](O)C[C@@]21C)OCC. The van der Waals surface area contributed by atoms with Gasteiger partial charge in [-0.3, -0.25) is 18.9 Å². The zero-order valence-corrected chi connectivity index (χ0v) is 26.6. The number of aliphatic hydroxyl groups is 1. The maximum atomic E-state index is 14.2. The summed E-state index contributed by atoms with van der Waals surface area (Å²) >= 11 is 7.56. The molecule has 3 saturated carbocycles. The quantitative estimate of drug-likeness (QED) is 0.186. The highest BCUT2D eigenvalue weighted by Gasteiger charge is 2.75. The highest BCUT2D eigenvalue weighted by Crippen LogP contribution is 2.72. The van der Waals surface area contributed by atoms with E-state index in [-0.39, 0.29) is 49.6 Å². The predicted octanol–water partition coefficient (Wildman–Crippen LogP) is 5.37. The van der Waals surface area contributed by atoms with Crippen LogP contribution in [0.15, 0.2) is 23.8 Å². The molecule has 230 valence electrons. The van der Waals surface area contributed by atoms with Crippen molar-refractivity contribution in [3.63, 3.8) is 0 Å². The van der Waals surface area contributed by atoms with E-state index in [0.29, 0.717) is 19.3 Å². The highest BCUT2D eigenvalue weighted by atomic mass is 35.5. The minimum absolute atomic E-state index is 0.0894. The summed E-state index contributed by atoms with van der Waals surface area (Å²) < 4.78 is 36.3. The summed E-state index contributed by atoms with van der Waals surface area (Å²) in [6.45, 7) is 10.6. The van der Waals surface area contributed by atoms with Gasteiger partial charge in [0.05, 0.1) is 24.2 Å². The van der Waals surface area contributed by atoms with Crippen LogP contribution in [0.5, 0.6) is 0 Å². The number of hydrogen-bond acceptors (Lipinski definition) is 9. The maximum Gasteiger partial charge on any atom is 0.356 e. The van der Waals surface area contributed by atoms with Crippen LogP contribution < -0.4 is 0 Å². The lowest BCUT2D eigenvalue weighted by Crippen LogP contribution is -2.69. The molecule has 11 heteroatoms. The van der Waals surface area contributed by atoms with E-state index in [1.807, 2.05) is 26.8 Å². The van der Waals surface area contributed by atoms with E-state index in [2.05, 4.69) is 0 Å². The average Bonchev–Trinajstić information content (AvgIpc) is 3.13. The Morgan fingerprint density at radius 1 is 1.15 bits per heavy atom. The van der Waals surface area contributed by atoms with Crippen molar-refractivity contribution >= 4 is 36.7 Å². The van der Waals surface area contributed by atoms with Gasteiger partial charge in [-0.15, -0.1) is 11.6 Å². The molecular formula is C30H44ClO9P. The minimum Gasteiger partial charge on any atom is -0.458 e. The first-order chi connectivity index (χ1) is 19.2. The number of carbonyl (C=O) groups is 3. The third kappa shape index (κ3) is 4.93. The number of carbonyl (C=O) groups excluding carboxylic acids is 3. The van der Waals surface area contributed by atoms with Gasteiger partial charge in [0.15, 0.2) is 12.4 Å². The van der Waals surface area contributed by atoms with Crippen molar-refractivity contribution in [1.82, 2.24) is 0 Å². The number of Topliss-reactive ketones (excluding diaryl/α,β-unsaturated/α-hetero) is 1. The summed E-state index contributed by atoms with van der Waals surface area (Å²) in [4.78, 5) is 37.4. The molecule has 3 fully saturated rings. The van der Waals surface area contributed by atoms with Gasteiger partial charge in [-0.1, -0.05) is 39.3 Å². The van der Waals surface area contributed by atoms with Gasteiger partial charge in [-0.2, -0.15) is 0 Å². The molecule has 0 aromatic heterocycles. The molecule has 0 bridgehead atoms. The Labute approximate surface area is 247 Å². The largest absolute Gasteiger partial charge is 0.458 e. The van der Waals surface area contributed by atoms with Crippen LogP contribution in [0, 0.1) is 28.6 Å². The second-order valence-electron chi connectivity index (χ2n) is 12.3. The number of alkyl halides is 1. The van der Waals surface area contributed by atoms with Crippen molar-refractivity contribution in [2.45, 2.75) is 90.2 Å². The summed E-state index contributed by atoms with van der Waals surface area (Å²) in [5.74, 6) is -1.82. The zero-order valence-electron chi connectivity index (χ0n) is 24.9. The van der Waals surface area contributed by atoms with Gasteiger partial charge in [-0.05, 0) is 69.4 Å². The normalized spacial score (nSPS) is 39.9. The van der Waals surface area contributed by atoms with Crippen LogP contribution in [0.3, 0.4) is 0 Å². The van der Waals surface area contributed by atoms with E-state index >= 15 is 0 Å². The Balaban J connectivity index is 1.79. The van der Waals surface area contributed by atoms with Gasteiger partial charge < -0.3 is 23.6 Å². The van der Waals surface area contributed by atoms with Crippen LogP contribution in [0.1, 0.15) is 73.6 Å². The molecular weight excluding hydrogens is 571 g/mol. The van der Waals surface area contributed by atoms with E-state index in [9.17, 15) is 24.1 Å². The molecule has 0 aliphatic heterocycles. The first kappa shape index (κ1) is 32.6. The number of fused-ring (bicyclic) bond motifs is 5. The van der Waals surface area contributed by atoms with Gasteiger partial charge in [0.25, 0.3) is 0 Å². The van der Waals surface area contributed by atoms with Crippen LogP contribution >= 0.6 is 19.2 Å². The number of halogens is 1. The Bertz CT molecular complexity index is 1170. The Morgan fingerprint density at radius 2 is 1.80 bits per heavy atom. The summed E-state index contributed by atoms with van der Waals surface area (Å²) in [5.41, 5.74) is -2.34. The number of allylic oxidation sites excluding steroid dienone is 4. The average molecular weight is 615 g/mol. The molecule has 41 heavy (non-hydrogen) atoms. The number of rotatable bonds is 11. The van der Waals surface area contributed by atoms with Crippen LogP contribution in [0.4, 0.5) is 0 Å². The van der Waals surface area contributed by atoms with Crippen molar-refractivity contribution in [3.05, 3.63) is 23.8 Å². The fourth-order valence-corrected chi connectivity index (χ4v) is 10.4. The molecule has 0 heterocycles. The van der Waals surface area contributed by atoms with Crippen molar-refractivity contribution < 1.29 is 42.6 Å². The summed E-state index contributed by atoms with van der Waals surface area (Å²) in [5, 5.41) is 12.0. The van der Waals surface area contributed by atoms with Crippen molar-refractivity contribution in [3.8, 4) is 0 Å². The molecule has 0 spiro atoms. The molecule has 8 atom stereocenters. The first-order valence-electron chi connectivity index (χ1n) is 14.7. The second-order valence-corrected chi connectivity index (χ2v) is 14.9. The topological polar surface area (TPSA) is 125 Å². The predicted molar refractivity (Wildman–Crippen MR) is 153 cm³/mol. The number of aliphatic hydroxyl groups excluding tert-OH is 1. The maximum absolute atomic E-state index is 14.2. The highest BCUT2D eigenvalue weighted by molar-refractivity contribution is 7.53. The smallest absolute Gasteiger partial charge is 0.356 e. The molecule has 0 saturated heterocycles. The lowest BCUT2D eigenvalue weighted by atomic mass is 9.45. The fraction of sp³-hybridized carbons (Fsp3) is 0.767. The van der Waals surface area contributed by atoms with Gasteiger partial charge in [-0.25, -0.2) is 0 Å². The summed E-state index contributed by atoms with van der Waals surface area (Å²) in [6.07, 6.45) is 5.51. The summed E-state index contributed by atoms with van der Waals surface area (Å²) in [6, 6.07) is 0. The van der Waals surface area contributed by atoms with Gasteiger partial charge in [0.2, 0.25) is 5.78 Å². The van der Waals surface area contributed by atoms with E-state index in [1.54, 1.807) is 26.8 Å². The Hall–Kier alpha value is -1.35. The molecule has 1 N–H and O–H groups in total. The number of ether oxygens (including phenoxy) is 2. The van der Waals surface area contributed by atoms with Crippen LogP contribution in [-0.2, 0) is 37.5 Å². The standard InChI is InChI=1S/C30H44ClO9P/c1-7-26(35)37-17-25(34)30(38-18-41(36,39-8-2)40-9-3)19(4)14-23-22-11-10-20-15-21(32)12-13-27(20,5)29(22,31)24(33)16-28(23,30)6/h12-13,15,19,22-24,33H,7-11,14,16-18H2,1-6H3/t19-,22-,23-,24-,27-,28-,29-,30-/m0/s1. The van der Waals surface area contributed by atoms with E-state index in [4.69, 9.17) is 30.1 Å². The first-order valence-corrected chi connectivity index (χ1v) is 16.8. The summed E-state index contributed by atoms with van der Waals surface area (Å²) in [7, 11) is -3.71. The van der Waals surface area contributed by atoms with Crippen LogP contribution in [0.25, 0.3) is 0 Å². The second kappa shape index (κ2) is 11.6. The Kier molecular flexibility index (Phi) is 9.23. The molecule has 4 aliphatic carbocycles. The van der Waals surface area contributed by atoms with Gasteiger partial charge >= 0.3 is 13.6 Å². The molecule has 9 nitrogen and oxygen atoms in total. The molecule has 4 aliphatic rings. The monoisotopic (exact) mass is 614 g/mol. The van der Waals surface area contributed by atoms with Crippen molar-refractivity contribution in [2.75, 3.05) is 26.2 Å². The lowest BCUT2D eigenvalue weighted by molar-refractivity contribution is -0.194. The number of hydrogen-bond donors (Lipinski definition) is 1. The van der Waals surface area contributed by atoms with E-state index < -0.39 is 59.7 Å². The molecule has 0 aromatic carbocycles. The van der Waals surface area contributed by atoms with E-state index in [1.165, 1.54) is 6.08 Å². The molecule has 4 rings (SSSR count). The van der Waals surface area contributed by atoms with E-state index in [0.717, 1.165) is 5.57 Å². The van der Waals surface area contributed by atoms with Crippen molar-refractivity contribution in [2.24, 2.45) is 28.6 Å². The van der Waals surface area contributed by atoms with Crippen LogP contribution in [0.2, 0.25) is 0 Å². The number of esters is 1. The molecule has 0 aromatic rings. The van der Waals surface area contributed by atoms with Gasteiger partial charge in [0, 0.05) is 17.3 Å². The molecule has 0 radical (unpaired) electrons. The number of ketones is 2. The minimum atomic E-state index is -3.71. The van der Waals surface area contributed by atoms with Crippen LogP contribution in [-0.4, -0.2) is 65.4 Å². The third-order valence-corrected chi connectivity index (χ3v) is 13.0. The Morgan fingerprint density at radius 3 is 2.41 bits per heavy atom. The molecule has 0 amide bonds. The van der Waals surface area contributed by atoms with Crippen molar-refractivity contribution in [1.29, 1.82) is 0 Å². The van der Waals surface area contributed by atoms with Gasteiger partial charge in [0.1, 0.15) is 11.9 Å². The fourth-order valence-electron chi connectivity index (χ4n) is 8.55. The molecule has 0 unspecified atom stereocenters. The third-order valence-electron chi connectivity index (χ3n) is 10.4. The zero-order chi connectivity index (χ0) is 30.4.